The molecule has 0 bridgehead atoms. The van der Waals surface area contributed by atoms with Crippen LogP contribution in [0.15, 0.2) is 30.3 Å². The lowest BCUT2D eigenvalue weighted by Crippen LogP contribution is -2.38. The van der Waals surface area contributed by atoms with Gasteiger partial charge in [0, 0.05) is 13.2 Å². The van der Waals surface area contributed by atoms with Crippen LogP contribution in [0.25, 0.3) is 16.7 Å². The van der Waals surface area contributed by atoms with Crippen LogP contribution in [0.4, 0.5) is 13.2 Å². The molecule has 0 fully saturated rings. The molecule has 39 heavy (non-hydrogen) atoms. The summed E-state index contributed by atoms with van der Waals surface area (Å²) < 4.78 is 51.8. The molecule has 0 aliphatic heterocycles. The van der Waals surface area contributed by atoms with E-state index >= 15 is 0 Å². The molecule has 1 N–H and O–H groups in total. The first-order chi connectivity index (χ1) is 18.0. The van der Waals surface area contributed by atoms with E-state index in [2.05, 4.69) is 51.4 Å². The minimum atomic E-state index is -4.48. The maximum absolute atomic E-state index is 13.3. The monoisotopic (exact) mass is 565 g/mol. The molecule has 0 saturated carbocycles. The first-order valence-electron chi connectivity index (χ1n) is 13.6. The molecular weight excluding hydrogens is 523 g/mol. The second kappa shape index (κ2) is 11.6. The highest BCUT2D eigenvalue weighted by Crippen LogP contribution is 2.40. The molecule has 216 valence electrons. The molecule has 1 heterocycles. The average molecular weight is 566 g/mol. The van der Waals surface area contributed by atoms with Crippen molar-refractivity contribution in [3.8, 4) is 11.4 Å². The number of halogens is 3. The second-order valence-electron chi connectivity index (χ2n) is 12.2. The number of nitrogens with zero attached hydrogens (tertiary/aromatic N) is 3. The van der Waals surface area contributed by atoms with Crippen molar-refractivity contribution in [3.05, 3.63) is 47.0 Å². The molecular formula is C29H42F3N3O3Si. The van der Waals surface area contributed by atoms with Gasteiger partial charge in [-0.2, -0.15) is 13.2 Å². The summed E-state index contributed by atoms with van der Waals surface area (Å²) in [7, 11) is -2.33. The van der Waals surface area contributed by atoms with Gasteiger partial charge in [0.05, 0.1) is 5.56 Å². The van der Waals surface area contributed by atoms with Crippen molar-refractivity contribution in [2.45, 2.75) is 91.9 Å². The minimum absolute atomic E-state index is 0.0258. The van der Waals surface area contributed by atoms with Crippen molar-refractivity contribution in [1.29, 1.82) is 0 Å². The van der Waals surface area contributed by atoms with E-state index in [1.54, 1.807) is 0 Å². The molecule has 0 saturated heterocycles. The summed E-state index contributed by atoms with van der Waals surface area (Å²) in [5.74, 6) is 0.0258. The fourth-order valence-corrected chi connectivity index (χ4v) is 7.85. The van der Waals surface area contributed by atoms with Gasteiger partial charge in [-0.15, -0.1) is 15.0 Å². The number of aryl methyl sites for hydroxylation is 1. The molecule has 10 heteroatoms. The standard InChI is InChI=1S/C29H42F3N3O3Si/c1-9-37-39(8,38-10-2)15-11-12-20-16-22(28(6,7)19-27(3,4)5)18-25(26(20)36)35-33-23-14-13-21(29(30,31)32)17-24(23)34-35/h13-14,16-18,36H,9-12,15,19H2,1-8H3. The van der Waals surface area contributed by atoms with E-state index in [1.807, 2.05) is 26.0 Å². The number of alkyl halides is 3. The molecule has 0 unspecified atom stereocenters. The van der Waals surface area contributed by atoms with Gasteiger partial charge in [0.15, 0.2) is 0 Å². The predicted molar refractivity (Wildman–Crippen MR) is 151 cm³/mol. The summed E-state index contributed by atoms with van der Waals surface area (Å²) in [6.45, 7) is 18.0. The largest absolute Gasteiger partial charge is 0.505 e. The Morgan fingerprint density at radius 2 is 1.51 bits per heavy atom. The molecule has 0 atom stereocenters. The molecule has 0 radical (unpaired) electrons. The van der Waals surface area contributed by atoms with Crippen molar-refractivity contribution in [1.82, 2.24) is 15.0 Å². The minimum Gasteiger partial charge on any atom is -0.505 e. The first kappa shape index (κ1) is 31.1. The van der Waals surface area contributed by atoms with Crippen LogP contribution in [0.2, 0.25) is 12.6 Å². The molecule has 2 aromatic carbocycles. The highest BCUT2D eigenvalue weighted by Gasteiger charge is 2.33. The SMILES string of the molecule is CCO[Si](C)(CCCc1cc(C(C)(C)CC(C)(C)C)cc(-n2nc3ccc(C(F)(F)F)cc3n2)c1O)OCC. The van der Waals surface area contributed by atoms with E-state index in [0.29, 0.717) is 30.8 Å². The van der Waals surface area contributed by atoms with Crippen LogP contribution in [0, 0.1) is 5.41 Å². The molecule has 3 aromatic rings. The summed E-state index contributed by atoms with van der Waals surface area (Å²) in [5, 5.41) is 20.1. The van der Waals surface area contributed by atoms with Crippen LogP contribution >= 0.6 is 0 Å². The third-order valence-corrected chi connectivity index (χ3v) is 9.88. The number of aromatic hydroxyl groups is 1. The zero-order chi connectivity index (χ0) is 29.2. The van der Waals surface area contributed by atoms with Crippen molar-refractivity contribution in [2.75, 3.05) is 13.2 Å². The molecule has 0 spiro atoms. The molecule has 6 nitrogen and oxygen atoms in total. The summed E-state index contributed by atoms with van der Waals surface area (Å²) in [6.07, 6.45) is -2.26. The molecule has 0 amide bonds. The van der Waals surface area contributed by atoms with Gasteiger partial charge in [0.25, 0.3) is 0 Å². The first-order valence-corrected chi connectivity index (χ1v) is 16.1. The number of hydrogen-bond donors (Lipinski definition) is 1. The molecule has 1 aromatic heterocycles. The number of fused-ring (bicyclic) bond motifs is 1. The Morgan fingerprint density at radius 3 is 2.08 bits per heavy atom. The maximum atomic E-state index is 13.3. The van der Waals surface area contributed by atoms with Crippen LogP contribution in [0.3, 0.4) is 0 Å². The highest BCUT2D eigenvalue weighted by atomic mass is 28.4. The number of hydrogen-bond acceptors (Lipinski definition) is 5. The second-order valence-corrected chi connectivity index (χ2v) is 15.5. The zero-order valence-electron chi connectivity index (χ0n) is 24.4. The number of phenolic OH excluding ortho intramolecular Hbond substituents is 1. The van der Waals surface area contributed by atoms with Gasteiger partial charge in [0.1, 0.15) is 22.5 Å². The van der Waals surface area contributed by atoms with E-state index in [-0.39, 0.29) is 22.1 Å². The Morgan fingerprint density at radius 1 is 0.897 bits per heavy atom. The Kier molecular flexibility index (Phi) is 9.24. The van der Waals surface area contributed by atoms with Crippen LogP contribution < -0.4 is 0 Å². The summed E-state index contributed by atoms with van der Waals surface area (Å²) in [4.78, 5) is 1.25. The van der Waals surface area contributed by atoms with Gasteiger partial charge in [-0.25, -0.2) is 0 Å². The number of benzene rings is 2. The summed E-state index contributed by atoms with van der Waals surface area (Å²) >= 11 is 0. The van der Waals surface area contributed by atoms with E-state index < -0.39 is 20.3 Å². The number of phenols is 1. The van der Waals surface area contributed by atoms with E-state index in [1.165, 1.54) is 10.9 Å². The van der Waals surface area contributed by atoms with E-state index in [0.717, 1.165) is 42.1 Å². The normalized spacial score (nSPS) is 13.4. The van der Waals surface area contributed by atoms with Crippen molar-refractivity contribution in [2.24, 2.45) is 5.41 Å². The van der Waals surface area contributed by atoms with Gasteiger partial charge >= 0.3 is 14.7 Å². The summed E-state index contributed by atoms with van der Waals surface area (Å²) in [5.41, 5.74) is 1.55. The number of aromatic nitrogens is 3. The molecule has 0 aliphatic carbocycles. The van der Waals surface area contributed by atoms with Crippen LogP contribution in [0.1, 0.15) is 78.0 Å². The van der Waals surface area contributed by atoms with Crippen molar-refractivity contribution in [3.63, 3.8) is 0 Å². The maximum Gasteiger partial charge on any atom is 0.416 e. The Bertz CT molecular complexity index is 1280. The van der Waals surface area contributed by atoms with E-state index in [9.17, 15) is 18.3 Å². The fraction of sp³-hybridized carbons (Fsp3) is 0.586. The third-order valence-electron chi connectivity index (χ3n) is 6.82. The van der Waals surface area contributed by atoms with Gasteiger partial charge in [-0.3, -0.25) is 0 Å². The van der Waals surface area contributed by atoms with Crippen LogP contribution in [-0.2, 0) is 26.9 Å². The zero-order valence-corrected chi connectivity index (χ0v) is 25.4. The van der Waals surface area contributed by atoms with Gasteiger partial charge in [-0.1, -0.05) is 40.7 Å². The Labute approximate surface area is 230 Å². The van der Waals surface area contributed by atoms with Crippen molar-refractivity contribution < 1.29 is 27.1 Å². The lowest BCUT2D eigenvalue weighted by atomic mass is 9.72. The van der Waals surface area contributed by atoms with Gasteiger partial charge < -0.3 is 14.0 Å². The summed E-state index contributed by atoms with van der Waals surface area (Å²) in [6, 6.07) is 7.94. The fourth-order valence-electron chi connectivity index (χ4n) is 5.43. The lowest BCUT2D eigenvalue weighted by Gasteiger charge is -2.33. The third kappa shape index (κ3) is 7.82. The predicted octanol–water partition coefficient (Wildman–Crippen LogP) is 7.94. The quantitative estimate of drug-likeness (QED) is 0.239. The molecule has 0 aliphatic rings. The smallest absolute Gasteiger partial charge is 0.416 e. The molecule has 3 rings (SSSR count). The lowest BCUT2D eigenvalue weighted by molar-refractivity contribution is -0.137. The van der Waals surface area contributed by atoms with Crippen LogP contribution in [0.5, 0.6) is 5.75 Å². The highest BCUT2D eigenvalue weighted by molar-refractivity contribution is 6.66. The topological polar surface area (TPSA) is 69.4 Å². The van der Waals surface area contributed by atoms with Gasteiger partial charge in [-0.05, 0) is 91.9 Å². The van der Waals surface area contributed by atoms with Gasteiger partial charge in [0.2, 0.25) is 0 Å². The Balaban J connectivity index is 2.06. The van der Waals surface area contributed by atoms with E-state index in [4.69, 9.17) is 8.85 Å². The average Bonchev–Trinajstić information content (AvgIpc) is 3.21. The van der Waals surface area contributed by atoms with Crippen LogP contribution in [-0.4, -0.2) is 41.9 Å². The van der Waals surface area contributed by atoms with Crippen molar-refractivity contribution >= 4 is 19.6 Å². The number of rotatable bonds is 11. The Hall–Kier alpha value is -2.43.